The molecule has 0 bridgehead atoms. The molecule has 2 aromatic rings. The maximum absolute atomic E-state index is 13.7. The topological polar surface area (TPSA) is 55.4 Å². The maximum Gasteiger partial charge on any atom is 0.331 e. The number of hydrogen-bond donors (Lipinski definition) is 1. The molecule has 0 fully saturated rings. The van der Waals surface area contributed by atoms with Crippen molar-refractivity contribution in [3.63, 3.8) is 0 Å². The highest BCUT2D eigenvalue weighted by Gasteiger charge is 2.18. The van der Waals surface area contributed by atoms with Crippen molar-refractivity contribution in [3.8, 4) is 0 Å². The zero-order chi connectivity index (χ0) is 18.4. The van der Waals surface area contributed by atoms with Crippen LogP contribution in [0.2, 0.25) is 5.02 Å². The van der Waals surface area contributed by atoms with Crippen molar-refractivity contribution in [1.29, 1.82) is 0 Å². The van der Waals surface area contributed by atoms with Crippen molar-refractivity contribution in [1.82, 2.24) is 0 Å². The quantitative estimate of drug-likeness (QED) is 0.635. The number of rotatable bonds is 5. The number of anilines is 1. The number of ether oxygens (including phenoxy) is 1. The third kappa shape index (κ3) is 5.43. The lowest BCUT2D eigenvalue weighted by atomic mass is 10.1. The van der Waals surface area contributed by atoms with Gasteiger partial charge in [0.05, 0.1) is 5.69 Å². The monoisotopic (exact) mass is 361 g/mol. The molecule has 0 radical (unpaired) electrons. The highest BCUT2D eigenvalue weighted by molar-refractivity contribution is 6.30. The number of esters is 1. The Morgan fingerprint density at radius 1 is 1.24 bits per heavy atom. The highest BCUT2D eigenvalue weighted by Crippen LogP contribution is 2.19. The minimum atomic E-state index is -1.08. The molecule has 2 aromatic carbocycles. The van der Waals surface area contributed by atoms with Gasteiger partial charge in [-0.25, -0.2) is 9.18 Å². The Kier molecular flexibility index (Phi) is 6.31. The minimum absolute atomic E-state index is 0.0345. The van der Waals surface area contributed by atoms with Gasteiger partial charge in [0.25, 0.3) is 5.91 Å². The maximum atomic E-state index is 13.7. The summed E-state index contributed by atoms with van der Waals surface area (Å²) in [7, 11) is 0. The third-order valence-corrected chi connectivity index (χ3v) is 3.67. The van der Waals surface area contributed by atoms with Crippen LogP contribution in [-0.2, 0) is 14.3 Å². The van der Waals surface area contributed by atoms with Crippen LogP contribution in [0.1, 0.15) is 18.1 Å². The first kappa shape index (κ1) is 18.7. The van der Waals surface area contributed by atoms with E-state index in [2.05, 4.69) is 5.32 Å². The Balaban J connectivity index is 1.94. The average Bonchev–Trinajstić information content (AvgIpc) is 2.56. The summed E-state index contributed by atoms with van der Waals surface area (Å²) in [6.07, 6.45) is 1.78. The highest BCUT2D eigenvalue weighted by atomic mass is 35.5. The van der Waals surface area contributed by atoms with Crippen molar-refractivity contribution < 1.29 is 18.7 Å². The van der Waals surface area contributed by atoms with Crippen molar-refractivity contribution in [2.24, 2.45) is 0 Å². The van der Waals surface area contributed by atoms with Gasteiger partial charge in [-0.05, 0) is 49.2 Å². The van der Waals surface area contributed by atoms with Gasteiger partial charge in [0.15, 0.2) is 6.10 Å². The van der Waals surface area contributed by atoms with Crippen molar-refractivity contribution >= 4 is 35.2 Å². The van der Waals surface area contributed by atoms with E-state index in [1.165, 1.54) is 25.1 Å². The number of carbonyl (C=O) groups excluding carboxylic acids is 2. The van der Waals surface area contributed by atoms with E-state index in [4.69, 9.17) is 16.3 Å². The van der Waals surface area contributed by atoms with Crippen LogP contribution in [0.3, 0.4) is 0 Å². The van der Waals surface area contributed by atoms with Crippen molar-refractivity contribution in [3.05, 3.63) is 70.5 Å². The van der Waals surface area contributed by atoms with Crippen LogP contribution in [0.4, 0.5) is 10.1 Å². The molecule has 1 amide bonds. The summed E-state index contributed by atoms with van der Waals surface area (Å²) in [6, 6.07) is 11.4. The van der Waals surface area contributed by atoms with Gasteiger partial charge in [-0.1, -0.05) is 35.9 Å². The first-order valence-corrected chi connectivity index (χ1v) is 7.95. The van der Waals surface area contributed by atoms with Crippen LogP contribution in [0, 0.1) is 12.7 Å². The molecule has 1 atom stereocenters. The lowest BCUT2D eigenvalue weighted by Crippen LogP contribution is -2.29. The molecule has 0 saturated heterocycles. The molecule has 0 unspecified atom stereocenters. The second-order valence-electron chi connectivity index (χ2n) is 5.38. The summed E-state index contributed by atoms with van der Waals surface area (Å²) in [5.41, 5.74) is 1.85. The number of carbonyl (C=O) groups is 2. The first-order chi connectivity index (χ1) is 11.9. The zero-order valence-electron chi connectivity index (χ0n) is 13.8. The third-order valence-electron chi connectivity index (χ3n) is 3.44. The molecule has 0 saturated carbocycles. The molecule has 0 aliphatic carbocycles. The lowest BCUT2D eigenvalue weighted by molar-refractivity contribution is -0.148. The van der Waals surface area contributed by atoms with Gasteiger partial charge in [0, 0.05) is 11.1 Å². The van der Waals surface area contributed by atoms with E-state index in [-0.39, 0.29) is 10.7 Å². The van der Waals surface area contributed by atoms with Gasteiger partial charge in [-0.2, -0.15) is 0 Å². The molecule has 0 aromatic heterocycles. The lowest BCUT2D eigenvalue weighted by Gasteiger charge is -2.13. The Hall–Kier alpha value is -2.66. The largest absolute Gasteiger partial charge is 0.449 e. The van der Waals surface area contributed by atoms with Gasteiger partial charge in [0.2, 0.25) is 0 Å². The fourth-order valence-electron chi connectivity index (χ4n) is 2.02. The van der Waals surface area contributed by atoms with Gasteiger partial charge < -0.3 is 10.1 Å². The Morgan fingerprint density at radius 2 is 1.96 bits per heavy atom. The second-order valence-corrected chi connectivity index (χ2v) is 5.82. The van der Waals surface area contributed by atoms with Crippen molar-refractivity contribution in [2.45, 2.75) is 20.0 Å². The summed E-state index contributed by atoms with van der Waals surface area (Å²) in [4.78, 5) is 23.8. The first-order valence-electron chi connectivity index (χ1n) is 7.57. The minimum Gasteiger partial charge on any atom is -0.449 e. The second kappa shape index (κ2) is 8.44. The summed E-state index contributed by atoms with van der Waals surface area (Å²) >= 11 is 5.65. The average molecular weight is 362 g/mol. The Bertz CT molecular complexity index is 820. The fraction of sp³-hybridized carbons (Fsp3) is 0.158. The van der Waals surface area contributed by atoms with E-state index < -0.39 is 23.8 Å². The number of halogens is 2. The standard InChI is InChI=1S/C19H17ClFNO3/c1-12-5-3-4-6-14(12)7-10-18(23)25-13(2)19(24)22-17-9-8-15(20)11-16(17)21/h3-11,13H,1-2H3,(H,22,24)/b10-7+/t13-/m1/s1. The van der Waals surface area contributed by atoms with E-state index in [0.29, 0.717) is 0 Å². The summed E-state index contributed by atoms with van der Waals surface area (Å²) in [6.45, 7) is 3.32. The number of aryl methyl sites for hydroxylation is 1. The molecule has 6 heteroatoms. The summed E-state index contributed by atoms with van der Waals surface area (Å²) in [5, 5.41) is 2.57. The fourth-order valence-corrected chi connectivity index (χ4v) is 2.18. The summed E-state index contributed by atoms with van der Waals surface area (Å²) in [5.74, 6) is -1.97. The molecule has 25 heavy (non-hydrogen) atoms. The van der Waals surface area contributed by atoms with E-state index in [1.54, 1.807) is 6.08 Å². The number of benzene rings is 2. The molecule has 0 aliphatic rings. The molecule has 1 N–H and O–H groups in total. The Morgan fingerprint density at radius 3 is 2.64 bits per heavy atom. The molecule has 130 valence electrons. The smallest absolute Gasteiger partial charge is 0.331 e. The van der Waals surface area contributed by atoms with E-state index >= 15 is 0 Å². The van der Waals surface area contributed by atoms with E-state index in [0.717, 1.165) is 17.2 Å². The number of nitrogens with one attached hydrogen (secondary N) is 1. The van der Waals surface area contributed by atoms with Crippen LogP contribution in [0.5, 0.6) is 0 Å². The van der Waals surface area contributed by atoms with Crippen LogP contribution in [-0.4, -0.2) is 18.0 Å². The zero-order valence-corrected chi connectivity index (χ0v) is 14.5. The normalized spacial score (nSPS) is 12.0. The molecular formula is C19H17ClFNO3. The molecule has 4 nitrogen and oxygen atoms in total. The van der Waals surface area contributed by atoms with Crippen LogP contribution in [0.15, 0.2) is 48.5 Å². The SMILES string of the molecule is Cc1ccccc1/C=C/C(=O)O[C@H](C)C(=O)Nc1ccc(Cl)cc1F. The molecule has 0 aliphatic heterocycles. The molecule has 2 rings (SSSR count). The Labute approximate surface area is 150 Å². The summed E-state index contributed by atoms with van der Waals surface area (Å²) < 4.78 is 18.7. The van der Waals surface area contributed by atoms with Gasteiger partial charge in [-0.15, -0.1) is 0 Å². The van der Waals surface area contributed by atoms with Gasteiger partial charge in [-0.3, -0.25) is 4.79 Å². The van der Waals surface area contributed by atoms with Crippen molar-refractivity contribution in [2.75, 3.05) is 5.32 Å². The molecule has 0 spiro atoms. The van der Waals surface area contributed by atoms with Crippen LogP contribution in [0.25, 0.3) is 6.08 Å². The van der Waals surface area contributed by atoms with Gasteiger partial charge in [0.1, 0.15) is 5.82 Å². The number of amides is 1. The molecule has 0 heterocycles. The predicted octanol–water partition coefficient (Wildman–Crippen LogP) is 4.37. The van der Waals surface area contributed by atoms with Crippen LogP contribution < -0.4 is 5.32 Å². The van der Waals surface area contributed by atoms with Crippen LogP contribution >= 0.6 is 11.6 Å². The van der Waals surface area contributed by atoms with E-state index in [1.807, 2.05) is 31.2 Å². The predicted molar refractivity (Wildman–Crippen MR) is 95.8 cm³/mol. The van der Waals surface area contributed by atoms with Gasteiger partial charge >= 0.3 is 5.97 Å². The van der Waals surface area contributed by atoms with E-state index in [9.17, 15) is 14.0 Å². The number of hydrogen-bond acceptors (Lipinski definition) is 3. The molecular weight excluding hydrogens is 345 g/mol.